The quantitative estimate of drug-likeness (QED) is 0.186. The average molecular weight is 651 g/mol. The van der Waals surface area contributed by atoms with Crippen LogP contribution in [0.1, 0.15) is 0 Å². The van der Waals surface area contributed by atoms with E-state index < -0.39 is 0 Å². The van der Waals surface area contributed by atoms with Gasteiger partial charge in [-0.2, -0.15) is 0 Å². The molecule has 0 radical (unpaired) electrons. The minimum atomic E-state index is 0.899. The van der Waals surface area contributed by atoms with Crippen LogP contribution in [0.3, 0.4) is 0 Å². The highest BCUT2D eigenvalue weighted by atomic mass is 15.1. The zero-order chi connectivity index (χ0) is 33.5. The summed E-state index contributed by atoms with van der Waals surface area (Å²) in [6.45, 7) is 0. The molecule has 4 aromatic heterocycles. The van der Waals surface area contributed by atoms with Crippen molar-refractivity contribution in [1.82, 2.24) is 18.7 Å². The van der Waals surface area contributed by atoms with Crippen LogP contribution in [0.4, 0.5) is 0 Å². The van der Waals surface area contributed by atoms with Gasteiger partial charge in [-0.25, -0.2) is 4.98 Å². The second kappa shape index (κ2) is 10.8. The Labute approximate surface area is 293 Å². The SMILES string of the molecule is c1ccc(-c2cccc(-n3c4ccccc4c4ccc(-n5c6ccccc6c6c5ccc5c7ccccc7n(-c7ccccc7)c56)cc43)n2)cc1. The number of benzene rings is 7. The molecular weight excluding hydrogens is 621 g/mol. The number of rotatable bonds is 4. The zero-order valence-electron chi connectivity index (χ0n) is 27.6. The lowest BCUT2D eigenvalue weighted by atomic mass is 10.1. The number of nitrogens with zero attached hydrogens (tertiary/aromatic N) is 4. The normalized spacial score (nSPS) is 11.9. The van der Waals surface area contributed by atoms with Crippen molar-refractivity contribution in [3.05, 3.63) is 182 Å². The van der Waals surface area contributed by atoms with Crippen LogP contribution in [0.5, 0.6) is 0 Å². The molecule has 0 aliphatic carbocycles. The van der Waals surface area contributed by atoms with Gasteiger partial charge in [-0.1, -0.05) is 121 Å². The first kappa shape index (κ1) is 28.0. The van der Waals surface area contributed by atoms with E-state index in [0.717, 1.165) is 39.5 Å². The van der Waals surface area contributed by atoms with Gasteiger partial charge in [-0.05, 0) is 60.7 Å². The predicted octanol–water partition coefficient (Wildman–Crippen LogP) is 12.0. The Morgan fingerprint density at radius 1 is 0.333 bits per heavy atom. The Hall–Kier alpha value is -6.91. The van der Waals surface area contributed by atoms with Gasteiger partial charge >= 0.3 is 0 Å². The summed E-state index contributed by atoms with van der Waals surface area (Å²) in [5.74, 6) is 0.899. The highest BCUT2D eigenvalue weighted by Gasteiger charge is 2.22. The Bertz CT molecular complexity index is 3130. The van der Waals surface area contributed by atoms with Gasteiger partial charge in [-0.15, -0.1) is 0 Å². The third-order valence-corrected chi connectivity index (χ3v) is 10.4. The number of fused-ring (bicyclic) bond motifs is 10. The first-order valence-electron chi connectivity index (χ1n) is 17.4. The summed E-state index contributed by atoms with van der Waals surface area (Å²) in [6, 6.07) is 65.2. The fourth-order valence-electron chi connectivity index (χ4n) is 8.29. The fraction of sp³-hybridized carbons (Fsp3) is 0. The molecular formula is C47H30N4. The number of hydrogen-bond donors (Lipinski definition) is 0. The molecule has 0 unspecified atom stereocenters. The van der Waals surface area contributed by atoms with Crippen LogP contribution in [0.2, 0.25) is 0 Å². The van der Waals surface area contributed by atoms with Crippen molar-refractivity contribution in [2.75, 3.05) is 0 Å². The van der Waals surface area contributed by atoms with Crippen LogP contribution < -0.4 is 0 Å². The molecule has 11 aromatic rings. The van der Waals surface area contributed by atoms with Crippen molar-refractivity contribution >= 4 is 65.4 Å². The van der Waals surface area contributed by atoms with Crippen molar-refractivity contribution in [1.29, 1.82) is 0 Å². The monoisotopic (exact) mass is 650 g/mol. The van der Waals surface area contributed by atoms with Crippen molar-refractivity contribution in [3.63, 3.8) is 0 Å². The van der Waals surface area contributed by atoms with E-state index >= 15 is 0 Å². The van der Waals surface area contributed by atoms with Crippen molar-refractivity contribution in [2.45, 2.75) is 0 Å². The molecule has 11 rings (SSSR count). The standard InChI is InChI=1S/C47H30N4/c1-3-14-31(15-4-1)39-21-13-25-45(48-39)51-41-23-11-7-18-34(41)36-27-26-33(30-44(36)51)49-42-24-12-9-20-38(42)46-43(49)29-28-37-35-19-8-10-22-40(35)50(47(37)46)32-16-5-2-6-17-32/h1-30H. The van der Waals surface area contributed by atoms with Gasteiger partial charge in [0, 0.05) is 49.3 Å². The Kier molecular flexibility index (Phi) is 5.92. The minimum Gasteiger partial charge on any atom is -0.309 e. The second-order valence-corrected chi connectivity index (χ2v) is 13.2. The molecule has 0 atom stereocenters. The van der Waals surface area contributed by atoms with E-state index in [-0.39, 0.29) is 0 Å². The molecule has 4 nitrogen and oxygen atoms in total. The van der Waals surface area contributed by atoms with E-state index in [1.165, 1.54) is 54.4 Å². The van der Waals surface area contributed by atoms with E-state index in [4.69, 9.17) is 4.98 Å². The van der Waals surface area contributed by atoms with Crippen LogP contribution in [0.15, 0.2) is 182 Å². The number of aromatic nitrogens is 4. The average Bonchev–Trinajstić information content (AvgIpc) is 3.84. The van der Waals surface area contributed by atoms with Crippen molar-refractivity contribution in [2.24, 2.45) is 0 Å². The van der Waals surface area contributed by atoms with Crippen molar-refractivity contribution < 1.29 is 0 Å². The summed E-state index contributed by atoms with van der Waals surface area (Å²) < 4.78 is 7.20. The van der Waals surface area contributed by atoms with Crippen LogP contribution in [0.25, 0.3) is 93.9 Å². The summed E-state index contributed by atoms with van der Waals surface area (Å²) >= 11 is 0. The van der Waals surface area contributed by atoms with Gasteiger partial charge in [0.2, 0.25) is 0 Å². The summed E-state index contributed by atoms with van der Waals surface area (Å²) in [4.78, 5) is 5.22. The largest absolute Gasteiger partial charge is 0.309 e. The molecule has 7 aromatic carbocycles. The van der Waals surface area contributed by atoms with E-state index in [1.807, 2.05) is 6.07 Å². The molecule has 51 heavy (non-hydrogen) atoms. The maximum Gasteiger partial charge on any atom is 0.138 e. The first-order valence-corrected chi connectivity index (χ1v) is 17.4. The lowest BCUT2D eigenvalue weighted by molar-refractivity contribution is 1.08. The first-order chi connectivity index (χ1) is 25.3. The van der Waals surface area contributed by atoms with Gasteiger partial charge in [-0.3, -0.25) is 4.57 Å². The highest BCUT2D eigenvalue weighted by Crippen LogP contribution is 2.42. The Morgan fingerprint density at radius 2 is 0.922 bits per heavy atom. The van der Waals surface area contributed by atoms with E-state index in [0.29, 0.717) is 0 Å². The highest BCUT2D eigenvalue weighted by molar-refractivity contribution is 6.26. The second-order valence-electron chi connectivity index (χ2n) is 13.2. The lowest BCUT2D eigenvalue weighted by Crippen LogP contribution is -2.00. The summed E-state index contributed by atoms with van der Waals surface area (Å²) in [7, 11) is 0. The van der Waals surface area contributed by atoms with Gasteiger partial charge in [0.1, 0.15) is 5.82 Å². The van der Waals surface area contributed by atoms with Crippen LogP contribution >= 0.6 is 0 Å². The molecule has 0 aliphatic heterocycles. The molecule has 0 spiro atoms. The molecule has 0 amide bonds. The summed E-state index contributed by atoms with van der Waals surface area (Å²) in [6.07, 6.45) is 0. The van der Waals surface area contributed by atoms with Gasteiger partial charge in [0.15, 0.2) is 0 Å². The lowest BCUT2D eigenvalue weighted by Gasteiger charge is -2.12. The van der Waals surface area contributed by atoms with Crippen LogP contribution in [-0.4, -0.2) is 18.7 Å². The van der Waals surface area contributed by atoms with Gasteiger partial charge in [0.05, 0.1) is 38.8 Å². The summed E-state index contributed by atoms with van der Waals surface area (Å²) in [5, 5.41) is 7.41. The molecule has 0 aliphatic rings. The smallest absolute Gasteiger partial charge is 0.138 e. The van der Waals surface area contributed by atoms with Gasteiger partial charge in [0.25, 0.3) is 0 Å². The van der Waals surface area contributed by atoms with Gasteiger partial charge < -0.3 is 9.13 Å². The molecule has 0 saturated heterocycles. The number of pyridine rings is 1. The van der Waals surface area contributed by atoms with E-state index in [1.54, 1.807) is 0 Å². The third kappa shape index (κ3) is 4.05. The minimum absolute atomic E-state index is 0.899. The summed E-state index contributed by atoms with van der Waals surface area (Å²) in [5.41, 5.74) is 11.4. The molecule has 4 heterocycles. The third-order valence-electron chi connectivity index (χ3n) is 10.4. The Balaban J connectivity index is 1.23. The van der Waals surface area contributed by atoms with E-state index in [9.17, 15) is 0 Å². The molecule has 0 fully saturated rings. The molecule has 0 N–H and O–H groups in total. The van der Waals surface area contributed by atoms with Crippen LogP contribution in [-0.2, 0) is 0 Å². The fourth-order valence-corrected chi connectivity index (χ4v) is 8.29. The molecule has 0 bridgehead atoms. The van der Waals surface area contributed by atoms with Crippen molar-refractivity contribution in [3.8, 4) is 28.5 Å². The molecule has 0 saturated carbocycles. The van der Waals surface area contributed by atoms with Crippen LogP contribution in [0, 0.1) is 0 Å². The zero-order valence-corrected chi connectivity index (χ0v) is 27.6. The molecule has 238 valence electrons. The maximum absolute atomic E-state index is 5.22. The number of para-hydroxylation sites is 4. The predicted molar refractivity (Wildman–Crippen MR) is 213 cm³/mol. The van der Waals surface area contributed by atoms with E-state index in [2.05, 4.69) is 190 Å². The topological polar surface area (TPSA) is 27.7 Å². The maximum atomic E-state index is 5.22. The number of hydrogen-bond acceptors (Lipinski definition) is 1. The molecule has 4 heteroatoms. The Morgan fingerprint density at radius 3 is 1.69 bits per heavy atom.